The van der Waals surface area contributed by atoms with Crippen LogP contribution in [0.3, 0.4) is 0 Å². The Morgan fingerprint density at radius 2 is 1.01 bits per heavy atom. The van der Waals surface area contributed by atoms with Crippen LogP contribution >= 0.6 is 12.6 Å². The van der Waals surface area contributed by atoms with Gasteiger partial charge in [0.15, 0.2) is 31.5 Å². The summed E-state index contributed by atoms with van der Waals surface area (Å²) in [6, 6.07) is -3.79. The van der Waals surface area contributed by atoms with E-state index in [-0.39, 0.29) is 18.9 Å². The van der Waals surface area contributed by atoms with Crippen molar-refractivity contribution >= 4 is 36.3 Å². The van der Waals surface area contributed by atoms with E-state index in [9.17, 15) is 121 Å². The molecule has 0 spiro atoms. The van der Waals surface area contributed by atoms with E-state index in [0.717, 1.165) is 6.92 Å². The van der Waals surface area contributed by atoms with Crippen molar-refractivity contribution in [1.82, 2.24) is 16.0 Å². The third-order valence-electron chi connectivity index (χ3n) is 16.1. The van der Waals surface area contributed by atoms with E-state index in [1.54, 1.807) is 0 Å². The fraction of sp³-hybridized carbons (Fsp3) is 0.922. The molecule has 6 saturated heterocycles. The molecule has 0 aliphatic carbocycles. The Morgan fingerprint density at radius 1 is 0.538 bits per heavy atom. The molecule has 6 heterocycles. The molecule has 3 amide bonds. The van der Waals surface area contributed by atoms with Crippen LogP contribution in [-0.4, -0.2) is 381 Å². The average Bonchev–Trinajstić information content (AvgIpc) is 0.783. The number of aliphatic hydroxyl groups is 19. The van der Waals surface area contributed by atoms with Gasteiger partial charge >= 0.3 is 5.97 Å². The van der Waals surface area contributed by atoms with Gasteiger partial charge in [-0.1, -0.05) is 0 Å². The molecule has 6 aliphatic heterocycles. The molecule has 23 N–H and O–H groups in total. The summed E-state index contributed by atoms with van der Waals surface area (Å²) in [5, 5.41) is 225. The standard InChI is InChI=1S/C51H87N3O36S/c1-17(62)53-28-40(86-49-38(76)44(33(71)23(14-59)83-49)90-51(50(77)78)9-18(63)27(54-26(66)16-61)41(89-51)29(67)19(64)10-55)30(68)20(11-56)80-45(28)87-43-32(70)22(13-58)82-48(37(43)75)85-39-24(15-60)84-47(35(73)34(39)72)88-42-31(69)21(12-57)81-46(36(42)74)79-7-4-2-3-6-52-25(65)5-8-91/h18-24,27-49,55-61,63-64,67-76,91H,2-16H2,1H3,(H,52,65)(H,53,62)(H,54,66)(H,77,78)/t18?,19?,20?,21?,22?,23?,24?,27-,28?,29-,30+,31+,32+,33+,34?,35?,36?,37?,38?,39+,40?,41?,42?,43?,44?,45+,46-,47+,48-,49+,51+/m1/s1. The van der Waals surface area contributed by atoms with Gasteiger partial charge in [-0.3, -0.25) is 14.4 Å². The summed E-state index contributed by atoms with van der Waals surface area (Å²) >= 11 is 4.01. The molecule has 18 unspecified atom stereocenters. The van der Waals surface area contributed by atoms with Gasteiger partial charge in [-0.05, 0) is 25.0 Å². The van der Waals surface area contributed by atoms with Gasteiger partial charge < -0.3 is 175 Å². The summed E-state index contributed by atoms with van der Waals surface area (Å²) in [4.78, 5) is 50.0. The number of carbonyl (C=O) groups excluding carboxylic acids is 3. The first-order valence-electron chi connectivity index (χ1n) is 29.2. The maximum atomic E-state index is 13.1. The Labute approximate surface area is 523 Å². The molecule has 40 heteroatoms. The summed E-state index contributed by atoms with van der Waals surface area (Å²) in [5.41, 5.74) is 0. The summed E-state index contributed by atoms with van der Waals surface area (Å²) in [6.07, 6.45) is -57.0. The zero-order valence-corrected chi connectivity index (χ0v) is 49.7. The van der Waals surface area contributed by atoms with Crippen molar-refractivity contribution in [2.24, 2.45) is 0 Å². The van der Waals surface area contributed by atoms with E-state index >= 15 is 0 Å². The Balaban J connectivity index is 1.19. The van der Waals surface area contributed by atoms with Crippen LogP contribution in [0.5, 0.6) is 0 Å². The topological polar surface area (TPSA) is 620 Å². The molecule has 0 aromatic heterocycles. The lowest BCUT2D eigenvalue weighted by Crippen LogP contribution is -2.71. The van der Waals surface area contributed by atoms with E-state index in [2.05, 4.69) is 28.6 Å². The van der Waals surface area contributed by atoms with Crippen LogP contribution in [0.25, 0.3) is 0 Å². The van der Waals surface area contributed by atoms with Crippen LogP contribution < -0.4 is 16.0 Å². The van der Waals surface area contributed by atoms with Crippen LogP contribution in [-0.2, 0) is 76.0 Å². The predicted molar refractivity (Wildman–Crippen MR) is 290 cm³/mol. The number of amides is 3. The van der Waals surface area contributed by atoms with Gasteiger partial charge in [-0.15, -0.1) is 0 Å². The van der Waals surface area contributed by atoms with Crippen LogP contribution in [0.15, 0.2) is 0 Å². The molecule has 0 aromatic rings. The third kappa shape index (κ3) is 18.4. The van der Waals surface area contributed by atoms with Gasteiger partial charge in [0.05, 0.1) is 51.8 Å². The fourth-order valence-electron chi connectivity index (χ4n) is 11.2. The smallest absolute Gasteiger partial charge is 0.364 e. The largest absolute Gasteiger partial charge is 0.477 e. The molecule has 0 aromatic carbocycles. The minimum absolute atomic E-state index is 0.0131. The molecule has 6 fully saturated rings. The molecule has 0 radical (unpaired) electrons. The lowest BCUT2D eigenvalue weighted by atomic mass is 9.88. The number of rotatable bonds is 31. The molecule has 0 saturated carbocycles. The normalized spacial score (nSPS) is 42.9. The molecular weight excluding hydrogens is 1260 g/mol. The Kier molecular flexibility index (Phi) is 29.9. The van der Waals surface area contributed by atoms with Crippen molar-refractivity contribution in [3.05, 3.63) is 0 Å². The number of unbranched alkanes of at least 4 members (excludes halogenated alkanes) is 2. The molecule has 6 rings (SSSR count). The highest BCUT2D eigenvalue weighted by Crippen LogP contribution is 2.40. The van der Waals surface area contributed by atoms with Gasteiger partial charge in [-0.25, -0.2) is 4.79 Å². The second-order valence-corrected chi connectivity index (χ2v) is 22.9. The van der Waals surface area contributed by atoms with Crippen molar-refractivity contribution in [2.75, 3.05) is 65.2 Å². The van der Waals surface area contributed by atoms with E-state index < -0.39 is 260 Å². The first kappa shape index (κ1) is 77.0. The highest BCUT2D eigenvalue weighted by Gasteiger charge is 2.62. The summed E-state index contributed by atoms with van der Waals surface area (Å²) in [6.45, 7) is -6.39. The summed E-state index contributed by atoms with van der Waals surface area (Å²) in [5.74, 6) is -7.39. The fourth-order valence-corrected chi connectivity index (χ4v) is 11.4. The summed E-state index contributed by atoms with van der Waals surface area (Å²) < 4.78 is 69.1. The van der Waals surface area contributed by atoms with Crippen LogP contribution in [0, 0.1) is 0 Å². The van der Waals surface area contributed by atoms with Crippen molar-refractivity contribution in [2.45, 2.75) is 229 Å². The molecular formula is C51H87N3O36S. The van der Waals surface area contributed by atoms with Crippen LogP contribution in [0.1, 0.15) is 39.0 Å². The molecule has 39 nitrogen and oxygen atoms in total. The molecule has 528 valence electrons. The van der Waals surface area contributed by atoms with E-state index in [4.69, 9.17) is 56.8 Å². The van der Waals surface area contributed by atoms with E-state index in [1.165, 1.54) is 0 Å². The number of nitrogens with one attached hydrogen (secondary N) is 3. The number of aliphatic carboxylic acids is 1. The molecule has 91 heavy (non-hydrogen) atoms. The van der Waals surface area contributed by atoms with Gasteiger partial charge in [0.2, 0.25) is 17.7 Å². The average molecular weight is 1350 g/mol. The monoisotopic (exact) mass is 1350 g/mol. The second-order valence-electron chi connectivity index (χ2n) is 22.4. The van der Waals surface area contributed by atoms with E-state index in [0.29, 0.717) is 31.6 Å². The quantitative estimate of drug-likeness (QED) is 0.0226. The molecule has 0 bridgehead atoms. The number of carboxylic acids is 1. The highest BCUT2D eigenvalue weighted by molar-refractivity contribution is 7.80. The second kappa shape index (κ2) is 35.3. The Morgan fingerprint density at radius 3 is 1.54 bits per heavy atom. The van der Waals surface area contributed by atoms with Crippen molar-refractivity contribution in [3.63, 3.8) is 0 Å². The van der Waals surface area contributed by atoms with Crippen molar-refractivity contribution in [3.8, 4) is 0 Å². The third-order valence-corrected chi connectivity index (χ3v) is 16.3. The number of carbonyl (C=O) groups is 4. The van der Waals surface area contributed by atoms with Crippen LogP contribution in [0.4, 0.5) is 0 Å². The molecule has 6 aliphatic rings. The summed E-state index contributed by atoms with van der Waals surface area (Å²) in [7, 11) is 0. The van der Waals surface area contributed by atoms with Crippen molar-refractivity contribution in [1.29, 1.82) is 0 Å². The zero-order valence-electron chi connectivity index (χ0n) is 48.9. The number of thiol groups is 1. The maximum Gasteiger partial charge on any atom is 0.364 e. The Hall–Kier alpha value is -3.01. The number of ether oxygens (including phenoxy) is 12. The zero-order chi connectivity index (χ0) is 67.3. The minimum Gasteiger partial charge on any atom is -0.477 e. The molecule has 31 atom stereocenters. The number of hydrogen-bond acceptors (Lipinski definition) is 36. The van der Waals surface area contributed by atoms with Crippen LogP contribution in [0.2, 0.25) is 0 Å². The lowest BCUT2D eigenvalue weighted by Gasteiger charge is -2.51. The number of carboxylic acid groups (broad SMARTS) is 1. The lowest BCUT2D eigenvalue weighted by molar-refractivity contribution is -0.393. The Bertz CT molecular complexity index is 2260. The maximum absolute atomic E-state index is 13.1. The first-order valence-corrected chi connectivity index (χ1v) is 29.8. The van der Waals surface area contributed by atoms with Gasteiger partial charge in [0, 0.05) is 32.9 Å². The number of hydrogen-bond donors (Lipinski definition) is 24. The predicted octanol–water partition coefficient (Wildman–Crippen LogP) is -14.0. The van der Waals surface area contributed by atoms with Gasteiger partial charge in [-0.2, -0.15) is 12.6 Å². The minimum atomic E-state index is -3.30. The van der Waals surface area contributed by atoms with Crippen molar-refractivity contribution < 1.29 is 178 Å². The van der Waals surface area contributed by atoms with Gasteiger partial charge in [0.25, 0.3) is 5.79 Å². The SMILES string of the molecule is CC(=O)NC1C(O[C@@H]2OC(CO)[C@H](O)C(O[C@]3(C(=O)O)CC(O)[C@@H](NC(=O)CO)C([C@H](O)C(O)CO)O3)C2O)[C@@H](O)C(CO)O[C@H]1OC1C(O)[C@@H](O[C@H]2C(CO)O[C@@H](OC3C(O)[C@H](OCCCCCNC(=O)CCS)OC(CO)[C@@H]3O)C(O)C2O)OC(CO)[C@@H]1O. The number of aliphatic hydroxyl groups excluding tert-OH is 19. The van der Waals surface area contributed by atoms with E-state index in [1.807, 2.05) is 0 Å². The highest BCUT2D eigenvalue weighted by atomic mass is 32.1. The first-order chi connectivity index (χ1) is 43.2. The van der Waals surface area contributed by atoms with Gasteiger partial charge in [0.1, 0.15) is 147 Å².